The number of ketones is 1. The van der Waals surface area contributed by atoms with Crippen LogP contribution in [0.15, 0.2) is 60.9 Å². The number of ether oxygens (including phenoxy) is 3. The Balaban J connectivity index is 1.30. The van der Waals surface area contributed by atoms with Gasteiger partial charge in [0.15, 0.2) is 24.2 Å². The number of carbonyl (C=O) groups is 1. The minimum Gasteiger partial charge on any atom is -0.486 e. The zero-order valence-electron chi connectivity index (χ0n) is 17.9. The average Bonchev–Trinajstić information content (AvgIpc) is 3.11. The lowest BCUT2D eigenvalue weighted by molar-refractivity contribution is 0.0777. The zero-order chi connectivity index (χ0) is 22.1. The third-order valence-electron chi connectivity index (χ3n) is 5.67. The Morgan fingerprint density at radius 3 is 2.75 bits per heavy atom. The molecule has 0 aliphatic carbocycles. The van der Waals surface area contributed by atoms with E-state index in [-0.39, 0.29) is 18.5 Å². The number of para-hydroxylation sites is 3. The Morgan fingerprint density at radius 2 is 1.88 bits per heavy atom. The van der Waals surface area contributed by atoms with E-state index in [1.807, 2.05) is 68.4 Å². The smallest absolute Gasteiger partial charge is 0.224 e. The number of aromatic nitrogens is 3. The monoisotopic (exact) mass is 429 g/mol. The van der Waals surface area contributed by atoms with Crippen LogP contribution in [0, 0.1) is 13.8 Å². The first kappa shape index (κ1) is 20.1. The fraction of sp³-hybridized carbons (Fsp3) is 0.240. The van der Waals surface area contributed by atoms with Gasteiger partial charge in [-0.25, -0.2) is 9.97 Å². The Morgan fingerprint density at radius 1 is 1.09 bits per heavy atom. The molecule has 0 fully saturated rings. The van der Waals surface area contributed by atoms with E-state index in [4.69, 9.17) is 14.2 Å². The minimum absolute atomic E-state index is 0.0955. The number of benzene rings is 2. The third-order valence-corrected chi connectivity index (χ3v) is 5.67. The largest absolute Gasteiger partial charge is 0.486 e. The van der Waals surface area contributed by atoms with Crippen molar-refractivity contribution in [3.05, 3.63) is 77.9 Å². The number of fused-ring (bicyclic) bond motifs is 2. The van der Waals surface area contributed by atoms with Crippen LogP contribution in [-0.2, 0) is 6.54 Å². The molecule has 0 spiro atoms. The summed E-state index contributed by atoms with van der Waals surface area (Å²) in [6, 6.07) is 17.1. The molecular formula is C25H23N3O4. The molecule has 7 nitrogen and oxygen atoms in total. The molecule has 5 rings (SSSR count). The number of hydrogen-bond donors (Lipinski definition) is 0. The molecule has 1 unspecified atom stereocenters. The lowest BCUT2D eigenvalue weighted by atomic mass is 10.1. The molecule has 1 aliphatic heterocycles. The Labute approximate surface area is 185 Å². The maximum atomic E-state index is 13.0. The maximum Gasteiger partial charge on any atom is 0.224 e. The topological polar surface area (TPSA) is 75.5 Å². The van der Waals surface area contributed by atoms with Gasteiger partial charge in [0.1, 0.15) is 12.9 Å². The molecule has 7 heteroatoms. The van der Waals surface area contributed by atoms with E-state index < -0.39 is 0 Å². The van der Waals surface area contributed by atoms with Gasteiger partial charge in [-0.3, -0.25) is 4.79 Å². The molecule has 4 aromatic rings. The standard InChI is InChI=1S/C25H23N3O4/c1-16-11-20(22(29)14-31-25-19-7-3-4-8-21(19)26-15-27-25)17(2)28(16)12-18-13-30-23-9-5-6-10-24(23)32-18/h3-11,15,18H,12-14H2,1-2H3. The van der Waals surface area contributed by atoms with Gasteiger partial charge in [0.2, 0.25) is 11.7 Å². The molecule has 2 aromatic heterocycles. The van der Waals surface area contributed by atoms with E-state index in [1.165, 1.54) is 6.33 Å². The first-order valence-electron chi connectivity index (χ1n) is 10.5. The Bertz CT molecular complexity index is 1290. The van der Waals surface area contributed by atoms with Crippen LogP contribution in [-0.4, -0.2) is 39.6 Å². The van der Waals surface area contributed by atoms with E-state index in [9.17, 15) is 4.79 Å². The van der Waals surface area contributed by atoms with Gasteiger partial charge in [-0.1, -0.05) is 24.3 Å². The molecule has 32 heavy (non-hydrogen) atoms. The normalized spacial score (nSPS) is 15.0. The molecule has 2 aromatic carbocycles. The van der Waals surface area contributed by atoms with Crippen molar-refractivity contribution in [1.82, 2.24) is 14.5 Å². The summed E-state index contributed by atoms with van der Waals surface area (Å²) in [7, 11) is 0. The Hall–Kier alpha value is -3.87. The van der Waals surface area contributed by atoms with Crippen LogP contribution < -0.4 is 14.2 Å². The van der Waals surface area contributed by atoms with Gasteiger partial charge in [0.25, 0.3) is 0 Å². The van der Waals surface area contributed by atoms with Gasteiger partial charge in [-0.15, -0.1) is 0 Å². The molecule has 0 bridgehead atoms. The van der Waals surface area contributed by atoms with Crippen molar-refractivity contribution in [2.24, 2.45) is 0 Å². The van der Waals surface area contributed by atoms with Crippen molar-refractivity contribution in [2.75, 3.05) is 13.2 Å². The highest BCUT2D eigenvalue weighted by molar-refractivity contribution is 5.98. The second-order valence-corrected chi connectivity index (χ2v) is 7.80. The van der Waals surface area contributed by atoms with Crippen molar-refractivity contribution in [3.8, 4) is 17.4 Å². The first-order chi connectivity index (χ1) is 15.6. The van der Waals surface area contributed by atoms with E-state index in [0.29, 0.717) is 24.6 Å². The van der Waals surface area contributed by atoms with E-state index in [0.717, 1.165) is 33.8 Å². The molecule has 162 valence electrons. The van der Waals surface area contributed by atoms with E-state index >= 15 is 0 Å². The Kier molecular flexibility index (Phi) is 5.23. The number of nitrogens with zero attached hydrogens (tertiary/aromatic N) is 3. The molecule has 0 radical (unpaired) electrons. The van der Waals surface area contributed by atoms with Gasteiger partial charge in [-0.2, -0.15) is 0 Å². The van der Waals surface area contributed by atoms with Crippen LogP contribution in [0.5, 0.6) is 17.4 Å². The number of Topliss-reactive ketones (excluding diaryl/α,β-unsaturated/α-hetero) is 1. The number of aryl methyl sites for hydroxylation is 1. The third kappa shape index (κ3) is 3.77. The van der Waals surface area contributed by atoms with Gasteiger partial charge in [0.05, 0.1) is 17.4 Å². The molecule has 1 atom stereocenters. The average molecular weight is 429 g/mol. The highest BCUT2D eigenvalue weighted by Gasteiger charge is 2.24. The van der Waals surface area contributed by atoms with Crippen LogP contribution in [0.25, 0.3) is 10.9 Å². The summed E-state index contributed by atoms with van der Waals surface area (Å²) >= 11 is 0. The summed E-state index contributed by atoms with van der Waals surface area (Å²) in [5.74, 6) is 1.81. The van der Waals surface area contributed by atoms with Gasteiger partial charge >= 0.3 is 0 Å². The highest BCUT2D eigenvalue weighted by atomic mass is 16.6. The summed E-state index contributed by atoms with van der Waals surface area (Å²) in [4.78, 5) is 21.4. The lowest BCUT2D eigenvalue weighted by Gasteiger charge is -2.27. The summed E-state index contributed by atoms with van der Waals surface area (Å²) in [6.45, 7) is 4.89. The van der Waals surface area contributed by atoms with Crippen molar-refractivity contribution in [2.45, 2.75) is 26.5 Å². The van der Waals surface area contributed by atoms with Gasteiger partial charge < -0.3 is 18.8 Å². The summed E-state index contributed by atoms with van der Waals surface area (Å²) in [5, 5.41) is 0.781. The van der Waals surface area contributed by atoms with Crippen molar-refractivity contribution < 1.29 is 19.0 Å². The molecule has 1 aliphatic rings. The van der Waals surface area contributed by atoms with Crippen molar-refractivity contribution in [3.63, 3.8) is 0 Å². The van der Waals surface area contributed by atoms with Crippen LogP contribution in [0.4, 0.5) is 0 Å². The van der Waals surface area contributed by atoms with Crippen LogP contribution in [0.2, 0.25) is 0 Å². The highest BCUT2D eigenvalue weighted by Crippen LogP contribution is 2.31. The number of carbonyl (C=O) groups excluding carboxylic acids is 1. The predicted molar refractivity (Wildman–Crippen MR) is 120 cm³/mol. The predicted octanol–water partition coefficient (Wildman–Crippen LogP) is 4.15. The quantitative estimate of drug-likeness (QED) is 0.429. The molecule has 3 heterocycles. The summed E-state index contributed by atoms with van der Waals surface area (Å²) in [5.41, 5.74) is 3.28. The molecule has 0 amide bonds. The van der Waals surface area contributed by atoms with Crippen LogP contribution in [0.3, 0.4) is 0 Å². The van der Waals surface area contributed by atoms with Gasteiger partial charge in [0, 0.05) is 17.0 Å². The summed E-state index contributed by atoms with van der Waals surface area (Å²) in [6.07, 6.45) is 1.31. The molecule has 0 N–H and O–H groups in total. The second-order valence-electron chi connectivity index (χ2n) is 7.80. The van der Waals surface area contributed by atoms with E-state index in [1.54, 1.807) is 0 Å². The second kappa shape index (κ2) is 8.34. The molecular weight excluding hydrogens is 406 g/mol. The minimum atomic E-state index is -0.138. The number of rotatable bonds is 6. The first-order valence-corrected chi connectivity index (χ1v) is 10.5. The summed E-state index contributed by atoms with van der Waals surface area (Å²) < 4.78 is 19.8. The molecule has 0 saturated heterocycles. The maximum absolute atomic E-state index is 13.0. The zero-order valence-corrected chi connectivity index (χ0v) is 17.9. The number of hydrogen-bond acceptors (Lipinski definition) is 6. The lowest BCUT2D eigenvalue weighted by Crippen LogP contribution is -2.33. The van der Waals surface area contributed by atoms with Crippen molar-refractivity contribution in [1.29, 1.82) is 0 Å². The van der Waals surface area contributed by atoms with Gasteiger partial charge in [-0.05, 0) is 44.2 Å². The van der Waals surface area contributed by atoms with Crippen LogP contribution in [0.1, 0.15) is 21.7 Å². The van der Waals surface area contributed by atoms with E-state index in [2.05, 4.69) is 14.5 Å². The fourth-order valence-corrected chi connectivity index (χ4v) is 4.03. The van der Waals surface area contributed by atoms with Crippen molar-refractivity contribution >= 4 is 16.7 Å². The SMILES string of the molecule is Cc1cc(C(=O)COc2ncnc3ccccc23)c(C)n1CC1COc2ccccc2O1. The molecule has 0 saturated carbocycles. The van der Waals surface area contributed by atoms with Crippen LogP contribution >= 0.6 is 0 Å². The fourth-order valence-electron chi connectivity index (χ4n) is 4.03.